The summed E-state index contributed by atoms with van der Waals surface area (Å²) in [6.07, 6.45) is 7.32. The molecule has 4 rings (SSSR count). The van der Waals surface area contributed by atoms with Gasteiger partial charge in [-0.2, -0.15) is 0 Å². The number of hydrogen-bond donors (Lipinski definition) is 3. The molecule has 3 aliphatic rings. The van der Waals surface area contributed by atoms with E-state index in [1.807, 2.05) is 41.0 Å². The zero-order valence-electron chi connectivity index (χ0n) is 21.0. The molecule has 35 heavy (non-hydrogen) atoms. The van der Waals surface area contributed by atoms with Crippen molar-refractivity contribution < 1.29 is 19.1 Å². The van der Waals surface area contributed by atoms with Gasteiger partial charge in [0.05, 0.1) is 18.8 Å². The van der Waals surface area contributed by atoms with Crippen molar-refractivity contribution >= 4 is 23.7 Å². The highest BCUT2D eigenvalue weighted by atomic mass is 16.5. The number of nitrogens with one attached hydrogen (secondary N) is 3. The summed E-state index contributed by atoms with van der Waals surface area (Å²) in [5.74, 6) is 0.901. The molecule has 3 N–H and O–H groups in total. The van der Waals surface area contributed by atoms with Crippen molar-refractivity contribution in [3.63, 3.8) is 0 Å². The minimum absolute atomic E-state index is 0.0801. The average molecular weight is 486 g/mol. The standard InChI is InChI=1S/C26H39N5O4/c1-19-20(28-24(33)27-19)8-4-3-5-11-23(32)31-17-14-26(18-31)12-15-30(16-13-26)25(34)29-21-9-6-7-10-22(21)35-2/h6-7,9-10,19-20H,3-5,8,11-18H2,1-2H3,(H,29,34)(H2,27,28,33). The number of hydrogen-bond acceptors (Lipinski definition) is 4. The Morgan fingerprint density at radius 2 is 1.77 bits per heavy atom. The van der Waals surface area contributed by atoms with Gasteiger partial charge in [-0.3, -0.25) is 4.79 Å². The number of para-hydroxylation sites is 2. The summed E-state index contributed by atoms with van der Waals surface area (Å²) in [5.41, 5.74) is 0.817. The fourth-order valence-electron chi connectivity index (χ4n) is 5.62. The van der Waals surface area contributed by atoms with Gasteiger partial charge in [-0.1, -0.05) is 25.0 Å². The van der Waals surface area contributed by atoms with Gasteiger partial charge < -0.3 is 30.5 Å². The Labute approximate surface area is 207 Å². The van der Waals surface area contributed by atoms with Crippen LogP contribution in [0.5, 0.6) is 5.75 Å². The molecular formula is C26H39N5O4. The predicted molar refractivity (Wildman–Crippen MR) is 134 cm³/mol. The predicted octanol–water partition coefficient (Wildman–Crippen LogP) is 3.56. The number of carbonyl (C=O) groups is 3. The molecule has 0 radical (unpaired) electrons. The number of benzene rings is 1. The molecular weight excluding hydrogens is 446 g/mol. The number of likely N-dealkylation sites (tertiary alicyclic amines) is 2. The lowest BCUT2D eigenvalue weighted by Crippen LogP contribution is -2.46. The van der Waals surface area contributed by atoms with Crippen LogP contribution in [0.1, 0.15) is 58.3 Å². The smallest absolute Gasteiger partial charge is 0.321 e. The molecule has 1 spiro atoms. The van der Waals surface area contributed by atoms with E-state index in [2.05, 4.69) is 16.0 Å². The highest BCUT2D eigenvalue weighted by Gasteiger charge is 2.42. The van der Waals surface area contributed by atoms with Gasteiger partial charge in [-0.25, -0.2) is 9.59 Å². The van der Waals surface area contributed by atoms with Crippen LogP contribution in [0.2, 0.25) is 0 Å². The van der Waals surface area contributed by atoms with Crippen LogP contribution in [0.25, 0.3) is 0 Å². The summed E-state index contributed by atoms with van der Waals surface area (Å²) >= 11 is 0. The van der Waals surface area contributed by atoms with Crippen LogP contribution >= 0.6 is 0 Å². The minimum atomic E-state index is -0.0994. The zero-order chi connectivity index (χ0) is 24.8. The maximum atomic E-state index is 12.8. The molecule has 9 nitrogen and oxygen atoms in total. The summed E-state index contributed by atoms with van der Waals surface area (Å²) in [7, 11) is 1.60. The maximum Gasteiger partial charge on any atom is 0.321 e. The molecule has 0 aliphatic carbocycles. The first-order valence-electron chi connectivity index (χ1n) is 12.9. The van der Waals surface area contributed by atoms with E-state index in [1.54, 1.807) is 7.11 Å². The van der Waals surface area contributed by atoms with E-state index in [-0.39, 0.29) is 35.5 Å². The van der Waals surface area contributed by atoms with Gasteiger partial charge in [-0.15, -0.1) is 0 Å². The second-order valence-corrected chi connectivity index (χ2v) is 10.3. The molecule has 192 valence electrons. The quantitative estimate of drug-likeness (QED) is 0.490. The van der Waals surface area contributed by atoms with Crippen molar-refractivity contribution in [2.45, 2.75) is 70.4 Å². The van der Waals surface area contributed by atoms with E-state index < -0.39 is 0 Å². The van der Waals surface area contributed by atoms with Crippen LogP contribution in [0.15, 0.2) is 24.3 Å². The fourth-order valence-corrected chi connectivity index (χ4v) is 5.62. The number of piperidine rings is 1. The molecule has 3 saturated heterocycles. The lowest BCUT2D eigenvalue weighted by molar-refractivity contribution is -0.130. The van der Waals surface area contributed by atoms with Gasteiger partial charge in [0.25, 0.3) is 0 Å². The Kier molecular flexibility index (Phi) is 8.03. The second kappa shape index (κ2) is 11.2. The Morgan fingerprint density at radius 1 is 1.06 bits per heavy atom. The number of carbonyl (C=O) groups excluding carboxylic acids is 3. The number of urea groups is 2. The van der Waals surface area contributed by atoms with Crippen molar-refractivity contribution in [3.8, 4) is 5.75 Å². The minimum Gasteiger partial charge on any atom is -0.495 e. The summed E-state index contributed by atoms with van der Waals surface area (Å²) in [6.45, 7) is 5.06. The van der Waals surface area contributed by atoms with Gasteiger partial charge in [0.1, 0.15) is 5.75 Å². The Morgan fingerprint density at radius 3 is 2.46 bits per heavy atom. The maximum absolute atomic E-state index is 12.8. The van der Waals surface area contributed by atoms with Gasteiger partial charge >= 0.3 is 12.1 Å². The molecule has 3 fully saturated rings. The Balaban J connectivity index is 1.15. The Hall–Kier alpha value is -2.97. The molecule has 0 aromatic heterocycles. The monoisotopic (exact) mass is 485 g/mol. The fraction of sp³-hybridized carbons (Fsp3) is 0.654. The van der Waals surface area contributed by atoms with E-state index in [1.165, 1.54) is 0 Å². The Bertz CT molecular complexity index is 915. The number of ether oxygens (including phenoxy) is 1. The van der Waals surface area contributed by atoms with E-state index in [9.17, 15) is 14.4 Å². The van der Waals surface area contributed by atoms with Crippen LogP contribution in [0, 0.1) is 5.41 Å². The number of unbranched alkanes of at least 4 members (excludes halogenated alkanes) is 2. The first-order chi connectivity index (χ1) is 16.9. The van der Waals surface area contributed by atoms with Crippen molar-refractivity contribution in [2.75, 3.05) is 38.6 Å². The van der Waals surface area contributed by atoms with E-state index >= 15 is 0 Å². The van der Waals surface area contributed by atoms with E-state index in [0.717, 1.165) is 58.0 Å². The molecule has 1 aromatic rings. The van der Waals surface area contributed by atoms with Crippen molar-refractivity contribution in [3.05, 3.63) is 24.3 Å². The molecule has 3 aliphatic heterocycles. The van der Waals surface area contributed by atoms with Gasteiger partial charge in [0.2, 0.25) is 5.91 Å². The van der Waals surface area contributed by atoms with Crippen LogP contribution < -0.4 is 20.7 Å². The van der Waals surface area contributed by atoms with Gasteiger partial charge in [0, 0.05) is 38.6 Å². The van der Waals surface area contributed by atoms with Crippen molar-refractivity contribution in [1.29, 1.82) is 0 Å². The van der Waals surface area contributed by atoms with Crippen molar-refractivity contribution in [2.24, 2.45) is 5.41 Å². The molecule has 5 amide bonds. The topological polar surface area (TPSA) is 103 Å². The van der Waals surface area contributed by atoms with E-state index in [0.29, 0.717) is 30.9 Å². The summed E-state index contributed by atoms with van der Waals surface area (Å²) in [4.78, 5) is 40.8. The van der Waals surface area contributed by atoms with E-state index in [4.69, 9.17) is 4.74 Å². The average Bonchev–Trinajstić information content (AvgIpc) is 3.41. The SMILES string of the molecule is COc1ccccc1NC(=O)N1CCC2(CCN(C(=O)CCCCCC3NC(=O)NC3C)C2)CC1. The molecule has 1 aromatic carbocycles. The molecule has 0 bridgehead atoms. The lowest BCUT2D eigenvalue weighted by Gasteiger charge is -2.39. The second-order valence-electron chi connectivity index (χ2n) is 10.3. The number of methoxy groups -OCH3 is 1. The highest BCUT2D eigenvalue weighted by Crippen LogP contribution is 2.40. The largest absolute Gasteiger partial charge is 0.495 e. The third-order valence-electron chi connectivity index (χ3n) is 7.94. The molecule has 2 atom stereocenters. The summed E-state index contributed by atoms with van der Waals surface area (Å²) in [6, 6.07) is 7.61. The first-order valence-corrected chi connectivity index (χ1v) is 12.9. The molecule has 0 saturated carbocycles. The molecule has 3 heterocycles. The summed E-state index contributed by atoms with van der Waals surface area (Å²) in [5, 5.41) is 8.79. The highest BCUT2D eigenvalue weighted by molar-refractivity contribution is 5.91. The number of nitrogens with zero attached hydrogens (tertiary/aromatic N) is 2. The third kappa shape index (κ3) is 6.18. The molecule has 2 unspecified atom stereocenters. The number of amides is 5. The van der Waals surface area contributed by atoms with Crippen LogP contribution in [-0.4, -0.2) is 73.1 Å². The zero-order valence-corrected chi connectivity index (χ0v) is 21.0. The lowest BCUT2D eigenvalue weighted by atomic mass is 9.78. The first kappa shape index (κ1) is 25.1. The number of anilines is 1. The normalized spacial score (nSPS) is 23.2. The third-order valence-corrected chi connectivity index (χ3v) is 7.94. The van der Waals surface area contributed by atoms with Crippen LogP contribution in [0.3, 0.4) is 0 Å². The summed E-state index contributed by atoms with van der Waals surface area (Å²) < 4.78 is 5.33. The number of rotatable bonds is 8. The van der Waals surface area contributed by atoms with Gasteiger partial charge in [-0.05, 0) is 56.6 Å². The van der Waals surface area contributed by atoms with Crippen molar-refractivity contribution in [1.82, 2.24) is 20.4 Å². The van der Waals surface area contributed by atoms with Crippen LogP contribution in [0.4, 0.5) is 15.3 Å². The van der Waals surface area contributed by atoms with Gasteiger partial charge in [0.15, 0.2) is 0 Å². The van der Waals surface area contributed by atoms with Crippen LogP contribution in [-0.2, 0) is 4.79 Å². The molecule has 9 heteroatoms.